The molecule has 0 heterocycles. The monoisotopic (exact) mass is 263 g/mol. The first-order valence-corrected chi connectivity index (χ1v) is 6.15. The molecule has 96 valence electrons. The Morgan fingerprint density at radius 3 is 2.60 bits per heavy atom. The summed E-state index contributed by atoms with van der Waals surface area (Å²) in [6, 6.07) is 6.66. The van der Waals surface area contributed by atoms with Crippen molar-refractivity contribution in [1.82, 2.24) is 0 Å². The first-order valence-electron chi connectivity index (χ1n) is 6.15. The van der Waals surface area contributed by atoms with E-state index in [0.29, 0.717) is 11.1 Å². The first-order chi connectivity index (χ1) is 9.58. The number of hydrogen-bond acceptors (Lipinski definition) is 4. The predicted molar refractivity (Wildman–Crippen MR) is 77.7 cm³/mol. The van der Waals surface area contributed by atoms with Gasteiger partial charge < -0.3 is 10.8 Å². The van der Waals surface area contributed by atoms with E-state index in [1.807, 2.05) is 6.07 Å². The van der Waals surface area contributed by atoms with E-state index in [2.05, 4.69) is 0 Å². The van der Waals surface area contributed by atoms with E-state index in [-0.39, 0.29) is 11.2 Å². The van der Waals surface area contributed by atoms with Gasteiger partial charge >= 0.3 is 0 Å². The van der Waals surface area contributed by atoms with Crippen molar-refractivity contribution in [2.45, 2.75) is 0 Å². The third kappa shape index (κ3) is 1.15. The molecule has 4 nitrogen and oxygen atoms in total. The highest BCUT2D eigenvalue weighted by atomic mass is 16.3. The number of fused-ring (bicyclic) bond motifs is 3. The molecule has 4 heteroatoms. The number of aliphatic hydroxyl groups is 1. The van der Waals surface area contributed by atoms with Crippen molar-refractivity contribution in [3.63, 3.8) is 0 Å². The standard InChI is InChI=1S/C16H9NO3/c17-11-3-1-7-9-5-13(19)14(20)6-10(9)8-2-4-12(18)16(11)15(7)8/h1-6,20H,17H2. The van der Waals surface area contributed by atoms with Crippen molar-refractivity contribution < 1.29 is 9.90 Å². The Labute approximate surface area is 113 Å². The Balaban J connectivity index is 2.36. The van der Waals surface area contributed by atoms with Gasteiger partial charge in [0.15, 0.2) is 11.2 Å². The summed E-state index contributed by atoms with van der Waals surface area (Å²) in [6.07, 6.45) is 2.85. The lowest BCUT2D eigenvalue weighted by molar-refractivity contribution is -0.112. The largest absolute Gasteiger partial charge is 0.504 e. The van der Waals surface area contributed by atoms with Crippen LogP contribution in [0.15, 0.2) is 34.8 Å². The van der Waals surface area contributed by atoms with Gasteiger partial charge in [-0.2, -0.15) is 0 Å². The van der Waals surface area contributed by atoms with Crippen LogP contribution in [0, 0.1) is 0 Å². The van der Waals surface area contributed by atoms with E-state index in [0.717, 1.165) is 27.3 Å². The fourth-order valence-corrected chi connectivity index (χ4v) is 2.95. The lowest BCUT2D eigenvalue weighted by Gasteiger charge is -2.07. The van der Waals surface area contributed by atoms with Gasteiger partial charge in [-0.15, -0.1) is 0 Å². The number of ketones is 1. The quantitative estimate of drug-likeness (QED) is 0.599. The zero-order chi connectivity index (χ0) is 14.0. The Bertz CT molecular complexity index is 1000. The maximum absolute atomic E-state index is 12.0. The first kappa shape index (κ1) is 11.0. The minimum atomic E-state index is -0.427. The number of carbonyl (C=O) groups excluding carboxylic acids is 1. The number of nitrogens with two attached hydrogens (primary N) is 1. The molecule has 0 saturated heterocycles. The van der Waals surface area contributed by atoms with E-state index in [9.17, 15) is 14.7 Å². The summed E-state index contributed by atoms with van der Waals surface area (Å²) in [5.74, 6) is -0.715. The summed E-state index contributed by atoms with van der Waals surface area (Å²) < 4.78 is 0. The average molecular weight is 263 g/mol. The Morgan fingerprint density at radius 2 is 1.80 bits per heavy atom. The van der Waals surface area contributed by atoms with Crippen LogP contribution >= 0.6 is 0 Å². The number of carbonyl (C=O) groups is 1. The number of aliphatic hydroxyl groups excluding tert-OH is 1. The van der Waals surface area contributed by atoms with Gasteiger partial charge in [0.2, 0.25) is 5.78 Å². The van der Waals surface area contributed by atoms with Crippen LogP contribution in [0.3, 0.4) is 0 Å². The Morgan fingerprint density at radius 1 is 1.00 bits per heavy atom. The Hall–Kier alpha value is -2.88. The molecule has 0 spiro atoms. The summed E-state index contributed by atoms with van der Waals surface area (Å²) in [5.41, 5.74) is 8.54. The predicted octanol–water partition coefficient (Wildman–Crippen LogP) is 1.31. The van der Waals surface area contributed by atoms with Crippen LogP contribution in [0.5, 0.6) is 0 Å². The van der Waals surface area contributed by atoms with Gasteiger partial charge in [0.05, 0.1) is 5.39 Å². The van der Waals surface area contributed by atoms with Crippen molar-refractivity contribution in [2.75, 3.05) is 5.73 Å². The molecular formula is C16H9NO3. The van der Waals surface area contributed by atoms with Gasteiger partial charge in [-0.05, 0) is 52.1 Å². The average Bonchev–Trinajstić information content (AvgIpc) is 2.71. The van der Waals surface area contributed by atoms with Crippen LogP contribution < -0.4 is 16.4 Å². The second-order valence-corrected chi connectivity index (χ2v) is 4.93. The summed E-state index contributed by atoms with van der Waals surface area (Å²) in [7, 11) is 0. The van der Waals surface area contributed by atoms with E-state index in [1.54, 1.807) is 12.1 Å². The van der Waals surface area contributed by atoms with Gasteiger partial charge in [-0.3, -0.25) is 9.59 Å². The number of anilines is 1. The summed E-state index contributed by atoms with van der Waals surface area (Å²) >= 11 is 0. The third-order valence-corrected chi connectivity index (χ3v) is 3.83. The number of rotatable bonds is 0. The molecular weight excluding hydrogens is 254 g/mol. The number of allylic oxidation sites excluding steroid dienone is 1. The lowest BCUT2D eigenvalue weighted by Crippen LogP contribution is -2.13. The van der Waals surface area contributed by atoms with Crippen molar-refractivity contribution >= 4 is 34.4 Å². The molecule has 0 aromatic heterocycles. The van der Waals surface area contributed by atoms with Gasteiger partial charge in [-0.1, -0.05) is 6.07 Å². The van der Waals surface area contributed by atoms with Crippen LogP contribution in [-0.4, -0.2) is 10.9 Å². The zero-order valence-electron chi connectivity index (χ0n) is 10.3. The number of Topliss-reactive ketones (excluding diaryl/α,β-unsaturated/α-hetero) is 1. The number of nitrogen functional groups attached to an aromatic ring is 1. The highest BCUT2D eigenvalue weighted by Crippen LogP contribution is 2.37. The fraction of sp³-hybridized carbons (Fsp3) is 0. The maximum atomic E-state index is 12.0. The van der Waals surface area contributed by atoms with E-state index < -0.39 is 5.78 Å². The molecule has 1 aromatic carbocycles. The van der Waals surface area contributed by atoms with Crippen LogP contribution in [0.1, 0.15) is 5.56 Å². The molecule has 0 bridgehead atoms. The van der Waals surface area contributed by atoms with E-state index in [4.69, 9.17) is 5.73 Å². The second kappa shape index (κ2) is 3.36. The molecule has 3 N–H and O–H groups in total. The molecule has 0 unspecified atom stereocenters. The number of benzene rings is 2. The molecule has 1 aromatic rings. The lowest BCUT2D eigenvalue weighted by atomic mass is 9.97. The van der Waals surface area contributed by atoms with Crippen molar-refractivity contribution in [2.24, 2.45) is 0 Å². The van der Waals surface area contributed by atoms with Gasteiger partial charge in [0.25, 0.3) is 0 Å². The topological polar surface area (TPSA) is 80.4 Å². The minimum absolute atomic E-state index is 0.137. The third-order valence-electron chi connectivity index (χ3n) is 3.83. The molecule has 3 aliphatic carbocycles. The van der Waals surface area contributed by atoms with Crippen LogP contribution in [0.4, 0.5) is 5.69 Å². The molecule has 0 saturated carbocycles. The van der Waals surface area contributed by atoms with Crippen LogP contribution in [0.2, 0.25) is 0 Å². The molecule has 0 atom stereocenters. The van der Waals surface area contributed by atoms with E-state index >= 15 is 0 Å². The molecule has 4 rings (SSSR count). The van der Waals surface area contributed by atoms with Crippen LogP contribution in [-0.2, 0) is 4.79 Å². The minimum Gasteiger partial charge on any atom is -0.504 e. The van der Waals surface area contributed by atoms with E-state index in [1.165, 1.54) is 18.2 Å². The molecule has 0 fully saturated rings. The summed E-state index contributed by atoms with van der Waals surface area (Å²) in [5, 5.41) is 11.7. The van der Waals surface area contributed by atoms with Crippen molar-refractivity contribution in [3.05, 3.63) is 51.0 Å². The molecule has 0 amide bonds. The Kier molecular flexibility index (Phi) is 1.85. The highest BCUT2D eigenvalue weighted by molar-refractivity contribution is 6.22. The SMILES string of the molecule is Nc1ccc2c3c1c(=O)ccc-3c1c2=CC(=O)C(O)=C1. The van der Waals surface area contributed by atoms with Gasteiger partial charge in [0, 0.05) is 11.3 Å². The zero-order valence-corrected chi connectivity index (χ0v) is 10.3. The van der Waals surface area contributed by atoms with Crippen LogP contribution in [0.25, 0.3) is 34.1 Å². The molecule has 0 aliphatic heterocycles. The summed E-state index contributed by atoms with van der Waals surface area (Å²) in [4.78, 5) is 23.7. The molecule has 0 radical (unpaired) electrons. The normalized spacial score (nSPS) is 14.4. The number of hydrogen-bond donors (Lipinski definition) is 2. The second-order valence-electron chi connectivity index (χ2n) is 4.93. The smallest absolute Gasteiger partial charge is 0.220 e. The van der Waals surface area contributed by atoms with Crippen molar-refractivity contribution in [3.8, 4) is 11.1 Å². The van der Waals surface area contributed by atoms with Gasteiger partial charge in [0.1, 0.15) is 0 Å². The summed E-state index contributed by atoms with van der Waals surface area (Å²) in [6.45, 7) is 0. The fourth-order valence-electron chi connectivity index (χ4n) is 2.95. The van der Waals surface area contributed by atoms with Gasteiger partial charge in [-0.25, -0.2) is 0 Å². The van der Waals surface area contributed by atoms with Crippen molar-refractivity contribution in [1.29, 1.82) is 0 Å². The highest BCUT2D eigenvalue weighted by Gasteiger charge is 2.24. The maximum Gasteiger partial charge on any atom is 0.220 e. The molecule has 3 aliphatic rings. The molecule has 20 heavy (non-hydrogen) atoms.